The summed E-state index contributed by atoms with van der Waals surface area (Å²) in [4.78, 5) is 28.0. The number of carbonyl (C=O) groups excluding carboxylic acids is 2. The Morgan fingerprint density at radius 3 is 2.95 bits per heavy atom. The van der Waals surface area contributed by atoms with Crippen LogP contribution >= 0.6 is 0 Å². The fourth-order valence-electron chi connectivity index (χ4n) is 2.78. The molecule has 2 aliphatic rings. The van der Waals surface area contributed by atoms with Gasteiger partial charge in [-0.05, 0) is 33.5 Å². The molecule has 0 saturated carbocycles. The van der Waals surface area contributed by atoms with Crippen LogP contribution in [-0.4, -0.2) is 74.5 Å². The molecule has 2 aliphatic heterocycles. The van der Waals surface area contributed by atoms with Crippen molar-refractivity contribution in [2.24, 2.45) is 5.92 Å². The van der Waals surface area contributed by atoms with Gasteiger partial charge in [-0.25, -0.2) is 0 Å². The maximum atomic E-state index is 12.2. The second kappa shape index (κ2) is 7.04. The number of nitrogens with zero attached hydrogens (tertiary/aromatic N) is 2. The van der Waals surface area contributed by atoms with E-state index in [4.69, 9.17) is 0 Å². The molecule has 0 aromatic heterocycles. The van der Waals surface area contributed by atoms with Crippen LogP contribution in [0.2, 0.25) is 0 Å². The Kier molecular flexibility index (Phi) is 5.37. The fraction of sp³-hybridized carbons (Fsp3) is 0.857. The molecule has 6 heteroatoms. The molecule has 0 radical (unpaired) electrons. The maximum absolute atomic E-state index is 12.2. The number of piperidine rings is 1. The summed E-state index contributed by atoms with van der Waals surface area (Å²) < 4.78 is 0. The molecule has 0 spiro atoms. The molecule has 2 amide bonds. The van der Waals surface area contributed by atoms with Crippen molar-refractivity contribution >= 4 is 11.8 Å². The summed E-state index contributed by atoms with van der Waals surface area (Å²) in [6.07, 6.45) is 2.49. The van der Waals surface area contributed by atoms with Gasteiger partial charge in [-0.3, -0.25) is 9.59 Å². The third-order valence-electron chi connectivity index (χ3n) is 4.05. The van der Waals surface area contributed by atoms with Gasteiger partial charge in [0.25, 0.3) is 0 Å². The number of rotatable bonds is 5. The van der Waals surface area contributed by atoms with Gasteiger partial charge in [-0.1, -0.05) is 0 Å². The number of amides is 2. The van der Waals surface area contributed by atoms with Crippen LogP contribution in [0, 0.1) is 5.92 Å². The van der Waals surface area contributed by atoms with Crippen molar-refractivity contribution in [3.63, 3.8) is 0 Å². The van der Waals surface area contributed by atoms with Crippen molar-refractivity contribution in [2.75, 3.05) is 46.8 Å². The standard InChI is InChI=1S/C14H26N4O2/c1-17(2)6-7-18-10-11(8-13(18)19)14(20)16-12-4-3-5-15-9-12/h11-12,15H,3-10H2,1-2H3,(H,16,20)/t11?,12-/m0/s1. The minimum atomic E-state index is -0.174. The molecular formula is C14H26N4O2. The van der Waals surface area contributed by atoms with E-state index in [1.807, 2.05) is 23.9 Å². The first kappa shape index (κ1) is 15.3. The molecule has 0 bridgehead atoms. The van der Waals surface area contributed by atoms with Crippen LogP contribution in [0.1, 0.15) is 19.3 Å². The van der Waals surface area contributed by atoms with Gasteiger partial charge in [0, 0.05) is 38.6 Å². The minimum Gasteiger partial charge on any atom is -0.352 e. The predicted molar refractivity (Wildman–Crippen MR) is 77.3 cm³/mol. The first-order valence-electron chi connectivity index (χ1n) is 7.50. The summed E-state index contributed by atoms with van der Waals surface area (Å²) in [6.45, 7) is 4.00. The minimum absolute atomic E-state index is 0.0411. The molecule has 114 valence electrons. The van der Waals surface area contributed by atoms with Gasteiger partial charge in [0.2, 0.25) is 11.8 Å². The van der Waals surface area contributed by atoms with Crippen molar-refractivity contribution in [2.45, 2.75) is 25.3 Å². The average molecular weight is 282 g/mol. The first-order chi connectivity index (χ1) is 9.56. The van der Waals surface area contributed by atoms with E-state index in [2.05, 4.69) is 10.6 Å². The molecule has 0 aliphatic carbocycles. The molecule has 2 heterocycles. The van der Waals surface area contributed by atoms with E-state index in [1.54, 1.807) is 0 Å². The second-order valence-electron chi connectivity index (χ2n) is 6.10. The van der Waals surface area contributed by atoms with E-state index >= 15 is 0 Å². The Hall–Kier alpha value is -1.14. The highest BCUT2D eigenvalue weighted by Crippen LogP contribution is 2.18. The van der Waals surface area contributed by atoms with Gasteiger partial charge in [0.05, 0.1) is 5.92 Å². The van der Waals surface area contributed by atoms with Gasteiger partial charge in [-0.15, -0.1) is 0 Å². The van der Waals surface area contributed by atoms with Crippen LogP contribution in [0.5, 0.6) is 0 Å². The quantitative estimate of drug-likeness (QED) is 0.697. The zero-order chi connectivity index (χ0) is 14.5. The van der Waals surface area contributed by atoms with Gasteiger partial charge < -0.3 is 20.4 Å². The zero-order valence-corrected chi connectivity index (χ0v) is 12.5. The van der Waals surface area contributed by atoms with Crippen molar-refractivity contribution in [1.82, 2.24) is 20.4 Å². The van der Waals surface area contributed by atoms with E-state index in [9.17, 15) is 9.59 Å². The van der Waals surface area contributed by atoms with E-state index in [1.165, 1.54) is 0 Å². The molecule has 20 heavy (non-hydrogen) atoms. The summed E-state index contributed by atoms with van der Waals surface area (Å²) in [5.41, 5.74) is 0. The highest BCUT2D eigenvalue weighted by atomic mass is 16.2. The summed E-state index contributed by atoms with van der Waals surface area (Å²) in [5, 5.41) is 6.36. The van der Waals surface area contributed by atoms with Crippen LogP contribution in [0.25, 0.3) is 0 Å². The van der Waals surface area contributed by atoms with E-state index < -0.39 is 0 Å². The van der Waals surface area contributed by atoms with E-state index in [0.29, 0.717) is 19.5 Å². The zero-order valence-electron chi connectivity index (χ0n) is 12.5. The smallest absolute Gasteiger partial charge is 0.225 e. The third-order valence-corrected chi connectivity index (χ3v) is 4.05. The second-order valence-corrected chi connectivity index (χ2v) is 6.10. The number of hydrogen-bond acceptors (Lipinski definition) is 4. The van der Waals surface area contributed by atoms with Crippen molar-refractivity contribution < 1.29 is 9.59 Å². The molecular weight excluding hydrogens is 256 g/mol. The van der Waals surface area contributed by atoms with Crippen molar-refractivity contribution in [3.8, 4) is 0 Å². The number of likely N-dealkylation sites (N-methyl/N-ethyl adjacent to an activating group) is 1. The van der Waals surface area contributed by atoms with Crippen molar-refractivity contribution in [1.29, 1.82) is 0 Å². The summed E-state index contributed by atoms with van der Waals surface area (Å²) in [7, 11) is 3.97. The Balaban J connectivity index is 1.78. The van der Waals surface area contributed by atoms with Crippen LogP contribution in [0.15, 0.2) is 0 Å². The molecule has 2 N–H and O–H groups in total. The number of carbonyl (C=O) groups is 2. The molecule has 2 saturated heterocycles. The highest BCUT2D eigenvalue weighted by Gasteiger charge is 2.34. The summed E-state index contributed by atoms with van der Waals surface area (Å²) >= 11 is 0. The van der Waals surface area contributed by atoms with Crippen LogP contribution in [-0.2, 0) is 9.59 Å². The number of nitrogens with one attached hydrogen (secondary N) is 2. The Labute approximate surface area is 120 Å². The summed E-state index contributed by atoms with van der Waals surface area (Å²) in [6, 6.07) is 0.224. The van der Waals surface area contributed by atoms with Crippen LogP contribution in [0.3, 0.4) is 0 Å². The lowest BCUT2D eigenvalue weighted by molar-refractivity contribution is -0.129. The highest BCUT2D eigenvalue weighted by molar-refractivity contribution is 5.89. The average Bonchev–Trinajstić information content (AvgIpc) is 2.79. The molecule has 0 aromatic carbocycles. The predicted octanol–water partition coefficient (Wildman–Crippen LogP) is -0.735. The Morgan fingerprint density at radius 1 is 1.50 bits per heavy atom. The SMILES string of the molecule is CN(C)CCN1CC(C(=O)N[C@H]2CCCNC2)CC1=O. The molecule has 2 fully saturated rings. The largest absolute Gasteiger partial charge is 0.352 e. The fourth-order valence-corrected chi connectivity index (χ4v) is 2.78. The Morgan fingerprint density at radius 2 is 2.30 bits per heavy atom. The molecule has 6 nitrogen and oxygen atoms in total. The van der Waals surface area contributed by atoms with E-state index in [-0.39, 0.29) is 23.8 Å². The molecule has 2 rings (SSSR count). The van der Waals surface area contributed by atoms with Gasteiger partial charge in [0.15, 0.2) is 0 Å². The third kappa shape index (κ3) is 4.18. The molecule has 0 aromatic rings. The topological polar surface area (TPSA) is 64.7 Å². The van der Waals surface area contributed by atoms with E-state index in [0.717, 1.165) is 32.5 Å². The summed E-state index contributed by atoms with van der Waals surface area (Å²) in [5.74, 6) is -0.0280. The lowest BCUT2D eigenvalue weighted by Gasteiger charge is -2.25. The maximum Gasteiger partial charge on any atom is 0.225 e. The first-order valence-corrected chi connectivity index (χ1v) is 7.50. The number of hydrogen-bond donors (Lipinski definition) is 2. The van der Waals surface area contributed by atoms with Gasteiger partial charge in [0.1, 0.15) is 0 Å². The molecule has 1 unspecified atom stereocenters. The lowest BCUT2D eigenvalue weighted by Crippen LogP contribution is -2.47. The van der Waals surface area contributed by atoms with Gasteiger partial charge >= 0.3 is 0 Å². The monoisotopic (exact) mass is 282 g/mol. The number of likely N-dealkylation sites (tertiary alicyclic amines) is 1. The van der Waals surface area contributed by atoms with Crippen LogP contribution in [0.4, 0.5) is 0 Å². The lowest BCUT2D eigenvalue weighted by atomic mass is 10.0. The molecule has 2 atom stereocenters. The van der Waals surface area contributed by atoms with Gasteiger partial charge in [-0.2, -0.15) is 0 Å². The Bertz CT molecular complexity index is 353. The van der Waals surface area contributed by atoms with Crippen molar-refractivity contribution in [3.05, 3.63) is 0 Å². The normalized spacial score (nSPS) is 27.1. The van der Waals surface area contributed by atoms with Crippen LogP contribution < -0.4 is 10.6 Å².